The summed E-state index contributed by atoms with van der Waals surface area (Å²) in [6, 6.07) is 4.73. The van der Waals surface area contributed by atoms with Crippen LogP contribution in [0.4, 0.5) is 0 Å². The number of rotatable bonds is 4. The molecule has 0 radical (unpaired) electrons. The van der Waals surface area contributed by atoms with Crippen LogP contribution >= 0.6 is 0 Å². The third-order valence-electron chi connectivity index (χ3n) is 7.48. The predicted octanol–water partition coefficient (Wildman–Crippen LogP) is 3.25. The first-order valence-electron chi connectivity index (χ1n) is 10.3. The Bertz CT molecular complexity index is 629. The average molecular weight is 341 g/mol. The van der Waals surface area contributed by atoms with Crippen LogP contribution < -0.4 is 5.32 Å². The van der Waals surface area contributed by atoms with Crippen LogP contribution in [0.3, 0.4) is 0 Å². The first-order chi connectivity index (χ1) is 12.1. The van der Waals surface area contributed by atoms with E-state index in [4.69, 9.17) is 0 Å². The molecule has 5 aliphatic rings. The zero-order chi connectivity index (χ0) is 17.0. The highest BCUT2D eigenvalue weighted by Gasteiger charge is 2.51. The molecule has 4 bridgehead atoms. The summed E-state index contributed by atoms with van der Waals surface area (Å²) in [5.74, 6) is 2.92. The van der Waals surface area contributed by atoms with Gasteiger partial charge in [0.2, 0.25) is 5.91 Å². The number of nitrogens with zero attached hydrogens (tertiary/aromatic N) is 2. The van der Waals surface area contributed by atoms with E-state index in [1.165, 1.54) is 57.1 Å². The summed E-state index contributed by atoms with van der Waals surface area (Å²) in [4.78, 5) is 15.3. The number of hydrogen-bond acceptors (Lipinski definition) is 2. The molecule has 1 amide bonds. The fourth-order valence-electron chi connectivity index (χ4n) is 6.95. The fourth-order valence-corrected chi connectivity index (χ4v) is 6.95. The summed E-state index contributed by atoms with van der Waals surface area (Å²) in [5, 5.41) is 3.54. The van der Waals surface area contributed by atoms with Gasteiger partial charge in [-0.15, -0.1) is 0 Å². The van der Waals surface area contributed by atoms with Crippen LogP contribution in [0.15, 0.2) is 18.3 Å². The minimum Gasteiger partial charge on any atom is -0.353 e. The number of aryl methyl sites for hydroxylation is 1. The summed E-state index contributed by atoms with van der Waals surface area (Å²) in [7, 11) is 2.11. The van der Waals surface area contributed by atoms with Crippen molar-refractivity contribution in [2.24, 2.45) is 24.8 Å². The van der Waals surface area contributed by atoms with Gasteiger partial charge in [-0.1, -0.05) is 0 Å². The molecule has 1 atom stereocenters. The summed E-state index contributed by atoms with van der Waals surface area (Å²) < 4.78 is 2.21. The molecule has 1 N–H and O–H groups in total. The second-order valence-electron chi connectivity index (χ2n) is 9.42. The molecule has 1 aliphatic heterocycles. The molecule has 2 heterocycles. The van der Waals surface area contributed by atoms with Crippen molar-refractivity contribution in [3.8, 4) is 0 Å². The lowest BCUT2D eigenvalue weighted by Gasteiger charge is -2.57. The van der Waals surface area contributed by atoms with Gasteiger partial charge in [-0.25, -0.2) is 0 Å². The summed E-state index contributed by atoms with van der Waals surface area (Å²) in [6.07, 6.45) is 12.5. The van der Waals surface area contributed by atoms with Crippen LogP contribution in [0.5, 0.6) is 0 Å². The third-order valence-corrected chi connectivity index (χ3v) is 7.48. The highest BCUT2D eigenvalue weighted by atomic mass is 16.2. The molecule has 5 fully saturated rings. The van der Waals surface area contributed by atoms with Crippen LogP contribution in [0.2, 0.25) is 0 Å². The molecular weight excluding hydrogens is 310 g/mol. The van der Waals surface area contributed by atoms with Gasteiger partial charge in [-0.05, 0) is 87.8 Å². The molecule has 4 saturated carbocycles. The standard InChI is InChI=1S/C21H31N3O/c1-23-6-2-4-18(23)19-5-3-7-24(19)14-20(25)22-21-11-15-8-16(12-21)10-17(9-15)13-21/h2,4,6,15-17,19H,3,5,7-14H2,1H3,(H,22,25)/t15?,16?,17?,19-,21?/m0/s1. The lowest BCUT2D eigenvalue weighted by molar-refractivity contribution is -0.128. The molecule has 6 rings (SSSR count). The zero-order valence-corrected chi connectivity index (χ0v) is 15.4. The Kier molecular flexibility index (Phi) is 3.74. The molecule has 0 unspecified atom stereocenters. The SMILES string of the molecule is Cn1cccc1[C@@H]1CCCN1CC(=O)NC12CC3CC(CC(C3)C1)C2. The number of hydrogen-bond donors (Lipinski definition) is 1. The van der Waals surface area contributed by atoms with E-state index in [-0.39, 0.29) is 11.4 Å². The Balaban J connectivity index is 1.26. The second kappa shape index (κ2) is 5.87. The first kappa shape index (κ1) is 15.9. The van der Waals surface area contributed by atoms with Crippen LogP contribution in [0, 0.1) is 17.8 Å². The van der Waals surface area contributed by atoms with Crippen molar-refractivity contribution in [3.05, 3.63) is 24.0 Å². The Morgan fingerprint density at radius 1 is 1.20 bits per heavy atom. The molecule has 136 valence electrons. The minimum absolute atomic E-state index is 0.145. The van der Waals surface area contributed by atoms with E-state index < -0.39 is 0 Å². The normalized spacial score (nSPS) is 39.9. The lowest BCUT2D eigenvalue weighted by atomic mass is 9.53. The maximum atomic E-state index is 12.9. The smallest absolute Gasteiger partial charge is 0.234 e. The van der Waals surface area contributed by atoms with Crippen LogP contribution in [-0.4, -0.2) is 34.0 Å². The molecule has 0 spiro atoms. The molecule has 0 aromatic carbocycles. The Morgan fingerprint density at radius 3 is 2.48 bits per heavy atom. The highest BCUT2D eigenvalue weighted by Crippen LogP contribution is 2.55. The van der Waals surface area contributed by atoms with Crippen molar-refractivity contribution in [2.75, 3.05) is 13.1 Å². The fraction of sp³-hybridized carbons (Fsp3) is 0.762. The van der Waals surface area contributed by atoms with Gasteiger partial charge in [0, 0.05) is 24.5 Å². The topological polar surface area (TPSA) is 37.3 Å². The maximum absolute atomic E-state index is 12.9. The quantitative estimate of drug-likeness (QED) is 0.913. The third kappa shape index (κ3) is 2.83. The predicted molar refractivity (Wildman–Crippen MR) is 98.0 cm³/mol. The van der Waals surface area contributed by atoms with Crippen molar-refractivity contribution < 1.29 is 4.79 Å². The molecule has 4 aliphatic carbocycles. The zero-order valence-electron chi connectivity index (χ0n) is 15.4. The monoisotopic (exact) mass is 341 g/mol. The molecule has 4 nitrogen and oxygen atoms in total. The second-order valence-corrected chi connectivity index (χ2v) is 9.42. The van der Waals surface area contributed by atoms with E-state index in [2.05, 4.69) is 40.2 Å². The molecule has 1 aromatic heterocycles. The molecular formula is C21H31N3O. The number of carbonyl (C=O) groups is 1. The van der Waals surface area contributed by atoms with Gasteiger partial charge in [0.25, 0.3) is 0 Å². The van der Waals surface area contributed by atoms with Gasteiger partial charge in [-0.3, -0.25) is 9.69 Å². The number of likely N-dealkylation sites (tertiary alicyclic amines) is 1. The van der Waals surface area contributed by atoms with E-state index in [0.717, 1.165) is 24.3 Å². The molecule has 4 heteroatoms. The first-order valence-corrected chi connectivity index (χ1v) is 10.3. The van der Waals surface area contributed by atoms with E-state index in [0.29, 0.717) is 12.6 Å². The van der Waals surface area contributed by atoms with Crippen molar-refractivity contribution in [1.29, 1.82) is 0 Å². The van der Waals surface area contributed by atoms with Crippen LogP contribution in [0.1, 0.15) is 63.1 Å². The Morgan fingerprint density at radius 2 is 1.88 bits per heavy atom. The van der Waals surface area contributed by atoms with Gasteiger partial charge in [0.15, 0.2) is 0 Å². The van der Waals surface area contributed by atoms with E-state index in [1.54, 1.807) is 0 Å². The summed E-state index contributed by atoms with van der Waals surface area (Å²) >= 11 is 0. The summed E-state index contributed by atoms with van der Waals surface area (Å²) in [5.41, 5.74) is 1.49. The largest absolute Gasteiger partial charge is 0.353 e. The molecule has 1 saturated heterocycles. The van der Waals surface area contributed by atoms with E-state index in [9.17, 15) is 4.79 Å². The van der Waals surface area contributed by atoms with Gasteiger partial charge >= 0.3 is 0 Å². The Labute approximate surface area is 151 Å². The number of nitrogens with one attached hydrogen (secondary N) is 1. The minimum atomic E-state index is 0.145. The van der Waals surface area contributed by atoms with Crippen LogP contribution in [0.25, 0.3) is 0 Å². The molecule has 1 aromatic rings. The van der Waals surface area contributed by atoms with Gasteiger partial charge in [0.05, 0.1) is 12.6 Å². The summed E-state index contributed by atoms with van der Waals surface area (Å²) in [6.45, 7) is 1.61. The van der Waals surface area contributed by atoms with Crippen LogP contribution in [-0.2, 0) is 11.8 Å². The van der Waals surface area contributed by atoms with Gasteiger partial charge in [-0.2, -0.15) is 0 Å². The van der Waals surface area contributed by atoms with Crippen molar-refractivity contribution in [2.45, 2.75) is 62.9 Å². The molecule has 25 heavy (non-hydrogen) atoms. The van der Waals surface area contributed by atoms with Gasteiger partial charge < -0.3 is 9.88 Å². The van der Waals surface area contributed by atoms with Crippen molar-refractivity contribution in [1.82, 2.24) is 14.8 Å². The number of amides is 1. The van der Waals surface area contributed by atoms with E-state index in [1.807, 2.05) is 0 Å². The van der Waals surface area contributed by atoms with Crippen molar-refractivity contribution in [3.63, 3.8) is 0 Å². The maximum Gasteiger partial charge on any atom is 0.234 e. The number of carbonyl (C=O) groups excluding carboxylic acids is 1. The van der Waals surface area contributed by atoms with E-state index >= 15 is 0 Å². The highest BCUT2D eigenvalue weighted by molar-refractivity contribution is 5.79. The lowest BCUT2D eigenvalue weighted by Crippen LogP contribution is -2.60. The average Bonchev–Trinajstić information content (AvgIpc) is 3.13. The van der Waals surface area contributed by atoms with Crippen molar-refractivity contribution >= 4 is 5.91 Å². The van der Waals surface area contributed by atoms with Gasteiger partial charge in [0.1, 0.15) is 0 Å². The Hall–Kier alpha value is -1.29. The number of aromatic nitrogens is 1.